The number of thiophene rings is 1. The Hall–Kier alpha value is -0.320. The van der Waals surface area contributed by atoms with Crippen molar-refractivity contribution in [2.45, 2.75) is 12.5 Å². The average Bonchev–Trinajstić information content (AvgIpc) is 2.79. The van der Waals surface area contributed by atoms with E-state index in [0.717, 1.165) is 13.0 Å². The Morgan fingerprint density at radius 2 is 2.43 bits per heavy atom. The molecule has 0 spiro atoms. The minimum atomic E-state index is 0.314. The molecule has 2 rings (SSSR count). The van der Waals surface area contributed by atoms with Gasteiger partial charge in [-0.25, -0.2) is 0 Å². The molecule has 1 atom stereocenters. The highest BCUT2D eigenvalue weighted by Gasteiger charge is 2.19. The Kier molecular flexibility index (Phi) is 3.26. The summed E-state index contributed by atoms with van der Waals surface area (Å²) in [6.45, 7) is 0.820. The van der Waals surface area contributed by atoms with Gasteiger partial charge >= 0.3 is 0 Å². The fraction of sp³-hybridized carbons (Fsp3) is 0.400. The summed E-state index contributed by atoms with van der Waals surface area (Å²) in [5.41, 5.74) is 1.34. The molecule has 76 valence electrons. The second kappa shape index (κ2) is 4.47. The minimum Gasteiger partial charge on any atom is -0.501 e. The monoisotopic (exact) mass is 273 g/mol. The van der Waals surface area contributed by atoms with Crippen molar-refractivity contribution in [1.29, 1.82) is 0 Å². The predicted octanol–water partition coefficient (Wildman–Crippen LogP) is 3.08. The zero-order valence-electron chi connectivity index (χ0n) is 7.92. The maximum Gasteiger partial charge on any atom is 0.0912 e. The third kappa shape index (κ3) is 2.02. The Morgan fingerprint density at radius 3 is 2.93 bits per heavy atom. The van der Waals surface area contributed by atoms with E-state index in [1.54, 1.807) is 11.3 Å². The molecule has 1 aliphatic rings. The fourth-order valence-electron chi connectivity index (χ4n) is 1.61. The number of hydrogen-bond donors (Lipinski definition) is 1. The lowest BCUT2D eigenvalue weighted by Crippen LogP contribution is -2.16. The van der Waals surface area contributed by atoms with Crippen LogP contribution in [0.15, 0.2) is 27.8 Å². The molecule has 0 saturated heterocycles. The van der Waals surface area contributed by atoms with Crippen LogP contribution in [0.1, 0.15) is 17.3 Å². The predicted molar refractivity (Wildman–Crippen MR) is 62.5 cm³/mol. The van der Waals surface area contributed by atoms with Gasteiger partial charge in [0.2, 0.25) is 0 Å². The average molecular weight is 274 g/mol. The van der Waals surface area contributed by atoms with E-state index >= 15 is 0 Å². The summed E-state index contributed by atoms with van der Waals surface area (Å²) in [5.74, 6) is 0. The molecule has 0 saturated carbocycles. The largest absolute Gasteiger partial charge is 0.501 e. The molecular formula is C10H12BrNOS. The molecule has 1 aliphatic heterocycles. The molecule has 2 nitrogen and oxygen atoms in total. The van der Waals surface area contributed by atoms with Crippen molar-refractivity contribution in [3.05, 3.63) is 32.6 Å². The van der Waals surface area contributed by atoms with Gasteiger partial charge in [0.05, 0.1) is 22.7 Å². The zero-order valence-corrected chi connectivity index (χ0v) is 10.3. The number of rotatable bonds is 3. The number of ether oxygens (including phenoxy) is 1. The van der Waals surface area contributed by atoms with Crippen molar-refractivity contribution in [2.75, 3.05) is 13.7 Å². The number of likely N-dealkylation sites (N-methyl/N-ethyl adjacent to an activating group) is 1. The van der Waals surface area contributed by atoms with Gasteiger partial charge in [-0.2, -0.15) is 0 Å². The topological polar surface area (TPSA) is 21.3 Å². The third-order valence-corrected chi connectivity index (χ3v) is 3.97. The molecule has 0 aliphatic carbocycles. The van der Waals surface area contributed by atoms with Crippen LogP contribution in [0.3, 0.4) is 0 Å². The molecule has 1 N–H and O–H groups in total. The summed E-state index contributed by atoms with van der Waals surface area (Å²) in [4.78, 5) is 1.33. The SMILES string of the molecule is CNC(C1=COCC1)c1ccc(Br)s1. The van der Waals surface area contributed by atoms with Crippen molar-refractivity contribution >= 4 is 27.3 Å². The second-order valence-electron chi connectivity index (χ2n) is 3.18. The van der Waals surface area contributed by atoms with Crippen LogP contribution in [0.2, 0.25) is 0 Å². The quantitative estimate of drug-likeness (QED) is 0.914. The van der Waals surface area contributed by atoms with Gasteiger partial charge in [-0.1, -0.05) is 0 Å². The van der Waals surface area contributed by atoms with Crippen LogP contribution >= 0.6 is 27.3 Å². The van der Waals surface area contributed by atoms with Gasteiger partial charge in [0.25, 0.3) is 0 Å². The number of halogens is 1. The molecule has 14 heavy (non-hydrogen) atoms. The summed E-state index contributed by atoms with van der Waals surface area (Å²) in [5, 5.41) is 3.31. The third-order valence-electron chi connectivity index (χ3n) is 2.28. The molecule has 0 amide bonds. The summed E-state index contributed by atoms with van der Waals surface area (Å²) in [6, 6.07) is 4.55. The maximum atomic E-state index is 5.26. The van der Waals surface area contributed by atoms with Crippen molar-refractivity contribution < 1.29 is 4.74 Å². The second-order valence-corrected chi connectivity index (χ2v) is 5.67. The van der Waals surface area contributed by atoms with Crippen molar-refractivity contribution in [2.24, 2.45) is 0 Å². The molecule has 1 aromatic heterocycles. The summed E-state index contributed by atoms with van der Waals surface area (Å²) in [7, 11) is 1.98. The smallest absolute Gasteiger partial charge is 0.0912 e. The molecule has 1 unspecified atom stereocenters. The highest BCUT2D eigenvalue weighted by Crippen LogP contribution is 2.33. The van der Waals surface area contributed by atoms with Crippen LogP contribution in [-0.2, 0) is 4.74 Å². The molecular weight excluding hydrogens is 262 g/mol. The Bertz CT molecular complexity index is 348. The molecule has 2 heterocycles. The van der Waals surface area contributed by atoms with E-state index < -0.39 is 0 Å². The van der Waals surface area contributed by atoms with E-state index in [2.05, 4.69) is 33.4 Å². The first-order valence-corrected chi connectivity index (χ1v) is 6.15. The molecule has 1 aromatic rings. The lowest BCUT2D eigenvalue weighted by molar-refractivity contribution is 0.281. The summed E-state index contributed by atoms with van der Waals surface area (Å²) < 4.78 is 6.43. The number of hydrogen-bond acceptors (Lipinski definition) is 3. The zero-order chi connectivity index (χ0) is 9.97. The van der Waals surface area contributed by atoms with Crippen LogP contribution in [0.25, 0.3) is 0 Å². The Labute approximate surface area is 96.1 Å². The van der Waals surface area contributed by atoms with Crippen LogP contribution < -0.4 is 5.32 Å². The maximum absolute atomic E-state index is 5.26. The first-order chi connectivity index (χ1) is 6.81. The van der Waals surface area contributed by atoms with E-state index in [1.165, 1.54) is 14.2 Å². The van der Waals surface area contributed by atoms with Gasteiger partial charge in [-0.15, -0.1) is 11.3 Å². The highest BCUT2D eigenvalue weighted by molar-refractivity contribution is 9.11. The van der Waals surface area contributed by atoms with Crippen LogP contribution in [0, 0.1) is 0 Å². The molecule has 0 radical (unpaired) electrons. The lowest BCUT2D eigenvalue weighted by atomic mass is 10.1. The molecule has 0 fully saturated rings. The molecule has 4 heteroatoms. The Morgan fingerprint density at radius 1 is 1.57 bits per heavy atom. The fourth-order valence-corrected chi connectivity index (χ4v) is 3.19. The van der Waals surface area contributed by atoms with Gasteiger partial charge in [0.1, 0.15) is 0 Å². The number of nitrogens with one attached hydrogen (secondary N) is 1. The molecule has 0 bridgehead atoms. The van der Waals surface area contributed by atoms with Gasteiger partial charge in [0.15, 0.2) is 0 Å². The first kappa shape index (κ1) is 10.2. The van der Waals surface area contributed by atoms with Gasteiger partial charge in [0, 0.05) is 11.3 Å². The standard InChI is InChI=1S/C10H12BrNOS/c1-12-10(7-4-5-13-6-7)8-2-3-9(11)14-8/h2-3,6,10,12H,4-5H2,1H3. The van der Waals surface area contributed by atoms with Crippen molar-refractivity contribution in [3.8, 4) is 0 Å². The van der Waals surface area contributed by atoms with Gasteiger partial charge < -0.3 is 10.1 Å². The van der Waals surface area contributed by atoms with Crippen LogP contribution in [0.5, 0.6) is 0 Å². The van der Waals surface area contributed by atoms with Crippen molar-refractivity contribution in [3.63, 3.8) is 0 Å². The van der Waals surface area contributed by atoms with E-state index in [0.29, 0.717) is 6.04 Å². The van der Waals surface area contributed by atoms with Crippen LogP contribution in [-0.4, -0.2) is 13.7 Å². The van der Waals surface area contributed by atoms with E-state index in [-0.39, 0.29) is 0 Å². The van der Waals surface area contributed by atoms with Gasteiger partial charge in [-0.3, -0.25) is 0 Å². The van der Waals surface area contributed by atoms with Crippen molar-refractivity contribution in [1.82, 2.24) is 5.32 Å². The Balaban J connectivity index is 2.20. The summed E-state index contributed by atoms with van der Waals surface area (Å²) in [6.07, 6.45) is 2.91. The summed E-state index contributed by atoms with van der Waals surface area (Å²) >= 11 is 5.24. The van der Waals surface area contributed by atoms with E-state index in [4.69, 9.17) is 4.74 Å². The van der Waals surface area contributed by atoms with Gasteiger partial charge in [-0.05, 0) is 40.7 Å². The molecule has 0 aromatic carbocycles. The van der Waals surface area contributed by atoms with E-state index in [1.807, 2.05) is 13.3 Å². The first-order valence-electron chi connectivity index (χ1n) is 4.54. The normalized spacial score (nSPS) is 17.7. The van der Waals surface area contributed by atoms with Crippen LogP contribution in [0.4, 0.5) is 0 Å². The highest BCUT2D eigenvalue weighted by atomic mass is 79.9. The van der Waals surface area contributed by atoms with E-state index in [9.17, 15) is 0 Å². The lowest BCUT2D eigenvalue weighted by Gasteiger charge is -2.14. The minimum absolute atomic E-state index is 0.314.